The Morgan fingerprint density at radius 1 is 0.152 bits per heavy atom. The van der Waals surface area contributed by atoms with Crippen LogP contribution in [0.2, 0.25) is 0 Å². The maximum atomic E-state index is 8.55. The van der Waals surface area contributed by atoms with Gasteiger partial charge in [-0.25, -0.2) is 0 Å². The molecule has 4 nitrogen and oxygen atoms in total. The first-order valence-electron chi connectivity index (χ1n) is 43.0. The van der Waals surface area contributed by atoms with E-state index < -0.39 is 29.6 Å². The zero-order valence-corrected chi connectivity index (χ0v) is 69.9. The van der Waals surface area contributed by atoms with Crippen LogP contribution in [0.5, 0.6) is 0 Å². The van der Waals surface area contributed by atoms with Crippen molar-refractivity contribution in [3.8, 4) is 0 Å². The molecule has 0 aliphatic rings. The van der Waals surface area contributed by atoms with E-state index >= 15 is 0 Å². The summed E-state index contributed by atoms with van der Waals surface area (Å²) in [6, 6.07) is 0. The first kappa shape index (κ1) is 99.8. The van der Waals surface area contributed by atoms with Gasteiger partial charge < -0.3 is 19.2 Å². The quantitative estimate of drug-likeness (QED) is 0.0448. The average Bonchev–Trinajstić information content (AvgIpc) is 1.85. The smallest absolute Gasteiger partial charge is 0.0594 e. The molecule has 0 amide bonds. The Bertz CT molecular complexity index is 1140. The van der Waals surface area contributed by atoms with E-state index in [1.807, 2.05) is 0 Å². The van der Waals surface area contributed by atoms with Crippen molar-refractivity contribution in [3.05, 3.63) is 0 Å². The fraction of sp³-hybridized carbons (Fsp3) is 1.00. The zero-order valence-electron chi connectivity index (χ0n) is 66.3. The second-order valence-electron chi connectivity index (χ2n) is 30.1. The van der Waals surface area contributed by atoms with Crippen molar-refractivity contribution in [3.63, 3.8) is 0 Å². The van der Waals surface area contributed by atoms with Crippen LogP contribution in [0.25, 0.3) is 0 Å². The Hall–Kier alpha value is 1.40. The minimum Gasteiger partial charge on any atom is -0.822 e. The van der Waals surface area contributed by atoms with Gasteiger partial charge in [0.05, 0.1) is 73.9 Å². The summed E-state index contributed by atoms with van der Waals surface area (Å²) in [5, 5.41) is 0. The van der Waals surface area contributed by atoms with Crippen molar-refractivity contribution >= 4 is 29.6 Å². The van der Waals surface area contributed by atoms with Crippen molar-refractivity contribution in [2.24, 2.45) is 0 Å². The molecule has 0 fully saturated rings. The lowest BCUT2D eigenvalue weighted by Gasteiger charge is -2.36. The van der Waals surface area contributed by atoms with E-state index in [0.29, 0.717) is 0 Å². The van der Waals surface area contributed by atoms with Crippen molar-refractivity contribution in [2.45, 2.75) is 468 Å². The lowest BCUT2D eigenvalue weighted by molar-refractivity contribution is -0.432. The van der Waals surface area contributed by atoms with Crippen LogP contribution < -0.4 is 14.7 Å². The van der Waals surface area contributed by atoms with Gasteiger partial charge in [0.1, 0.15) is 0 Å². The molecular formula is C84H180O4P4. The van der Waals surface area contributed by atoms with Crippen LogP contribution in [0, 0.1) is 0 Å². The highest BCUT2D eigenvalue weighted by molar-refractivity contribution is 7.76. The molecule has 0 aliphatic carbocycles. The largest absolute Gasteiger partial charge is 0.822 e. The molecule has 0 radical (unpaired) electrons. The number of rotatable bonds is 72. The molecule has 0 aromatic carbocycles. The van der Waals surface area contributed by atoms with E-state index in [0.717, 1.165) is 0 Å². The Morgan fingerprint density at radius 3 is 0.326 bits per heavy atom. The van der Waals surface area contributed by atoms with Gasteiger partial charge in [-0.3, -0.25) is 0 Å². The first-order valence-corrected chi connectivity index (χ1v) is 52.1. The highest BCUT2D eigenvalue weighted by Gasteiger charge is 2.36. The van der Waals surface area contributed by atoms with Crippen LogP contribution in [0.4, 0.5) is 0 Å². The Labute approximate surface area is 587 Å². The van der Waals surface area contributed by atoms with Crippen LogP contribution >= 0.6 is 29.6 Å². The number of phosphoric acid groups is 1. The summed E-state index contributed by atoms with van der Waals surface area (Å²) in [4.78, 5) is 25.6. The predicted octanol–water partition coefficient (Wildman–Crippen LogP) is 29.8. The van der Waals surface area contributed by atoms with Gasteiger partial charge in [0.15, 0.2) is 0 Å². The van der Waals surface area contributed by atoms with Crippen molar-refractivity contribution in [2.75, 3.05) is 73.9 Å². The lowest BCUT2D eigenvalue weighted by Crippen LogP contribution is -2.24. The molecule has 0 aliphatic heterocycles. The first-order chi connectivity index (χ1) is 44.7. The van der Waals surface area contributed by atoms with Gasteiger partial charge in [-0.05, 0) is 96.3 Å². The van der Waals surface area contributed by atoms with E-state index in [2.05, 4.69) is 83.1 Å². The maximum absolute atomic E-state index is 8.55. The molecule has 0 unspecified atom stereocenters. The Kier molecular flexibility index (Phi) is 88.2. The van der Waals surface area contributed by atoms with Gasteiger partial charge in [-0.2, -0.15) is 7.82 Å². The monoisotopic (exact) mass is 1380 g/mol. The van der Waals surface area contributed by atoms with Crippen molar-refractivity contribution < 1.29 is 19.2 Å². The Balaban J connectivity index is -0.000000607. The zero-order chi connectivity index (χ0) is 68.9. The predicted molar refractivity (Wildman–Crippen MR) is 432 cm³/mol. The number of hydrogen-bond donors (Lipinski definition) is 0. The summed E-state index contributed by atoms with van der Waals surface area (Å²) in [7, 11) is -7.28. The highest BCUT2D eigenvalue weighted by Crippen LogP contribution is 2.63. The SMILES string of the molecule is CCCCCCCCCCCCCCCC[P+](CCCC)(CCCC)CCCC.CCCCCCCCCCCCCCCC[P+](CCCC)(CCCC)CCCC.CCCCCCCCCCCCCCCC[P+](CCCC)(CCCC)CCCC.O=P([O-])([O-])[O-]. The average molecular weight is 1380 g/mol. The molecule has 560 valence electrons. The molecule has 0 saturated heterocycles. The second kappa shape index (κ2) is 81.4. The molecule has 0 spiro atoms. The third-order valence-electron chi connectivity index (χ3n) is 20.8. The van der Waals surface area contributed by atoms with E-state index in [-0.39, 0.29) is 0 Å². The van der Waals surface area contributed by atoms with Crippen molar-refractivity contribution in [1.82, 2.24) is 0 Å². The minimum absolute atomic E-state index is 0.630. The summed E-state index contributed by atoms with van der Waals surface area (Å²) in [6.07, 6.45) is 108. The Morgan fingerprint density at radius 2 is 0.228 bits per heavy atom. The van der Waals surface area contributed by atoms with E-state index in [9.17, 15) is 0 Å². The molecule has 0 aromatic rings. The molecule has 0 heterocycles. The van der Waals surface area contributed by atoms with E-state index in [4.69, 9.17) is 19.2 Å². The third-order valence-corrected chi connectivity index (χ3v) is 36.0. The molecule has 8 heteroatoms. The van der Waals surface area contributed by atoms with Gasteiger partial charge in [-0.15, -0.1) is 0 Å². The summed E-state index contributed by atoms with van der Waals surface area (Å²) in [6.45, 7) is 28.4. The highest BCUT2D eigenvalue weighted by atomic mass is 31.2. The molecule has 0 aromatic heterocycles. The number of hydrogen-bond acceptors (Lipinski definition) is 4. The van der Waals surface area contributed by atoms with Gasteiger partial charge in [0.25, 0.3) is 0 Å². The molecule has 0 N–H and O–H groups in total. The van der Waals surface area contributed by atoms with Gasteiger partial charge in [0.2, 0.25) is 0 Å². The van der Waals surface area contributed by atoms with Crippen LogP contribution in [0.1, 0.15) is 468 Å². The fourth-order valence-electron chi connectivity index (χ4n) is 14.4. The molecular weight excluding hydrogens is 1200 g/mol. The minimum atomic E-state index is -5.39. The van der Waals surface area contributed by atoms with Gasteiger partial charge in [0, 0.05) is 21.8 Å². The summed E-state index contributed by atoms with van der Waals surface area (Å²) in [5.74, 6) is 0. The summed E-state index contributed by atoms with van der Waals surface area (Å²) < 4.78 is 8.55. The normalized spacial score (nSPS) is 12.0. The lowest BCUT2D eigenvalue weighted by atomic mass is 10.0. The summed E-state index contributed by atoms with van der Waals surface area (Å²) in [5.41, 5.74) is 0. The molecule has 0 rings (SSSR count). The van der Waals surface area contributed by atoms with Gasteiger partial charge in [-0.1, -0.05) is 372 Å². The molecule has 0 saturated carbocycles. The topological polar surface area (TPSA) is 86.2 Å². The van der Waals surface area contributed by atoms with Crippen LogP contribution in [0.3, 0.4) is 0 Å². The van der Waals surface area contributed by atoms with Crippen molar-refractivity contribution in [1.29, 1.82) is 0 Å². The second-order valence-corrected chi connectivity index (χ2v) is 44.4. The molecule has 0 bridgehead atoms. The van der Waals surface area contributed by atoms with Gasteiger partial charge >= 0.3 is 0 Å². The van der Waals surface area contributed by atoms with Crippen LogP contribution in [-0.4, -0.2) is 73.9 Å². The van der Waals surface area contributed by atoms with Crippen LogP contribution in [0.15, 0.2) is 0 Å². The van der Waals surface area contributed by atoms with Crippen LogP contribution in [-0.2, 0) is 4.57 Å². The molecule has 0 atom stereocenters. The standard InChI is InChI=1S/3C28H60P.H3O4P/c3*1-5-9-13-14-15-16-17-18-19-20-21-22-23-24-28-29(25-10-6-2,26-11-7-3)27-12-8-4;1-5(2,3)4/h3*5-28H2,1-4H3;(H3,1,2,3,4)/q3*+1;/p-3. The van der Waals surface area contributed by atoms with E-state index in [1.165, 1.54) is 366 Å². The maximum Gasteiger partial charge on any atom is 0.0594 e. The summed E-state index contributed by atoms with van der Waals surface area (Å²) >= 11 is 0. The fourth-order valence-corrected chi connectivity index (χ4v) is 30.0. The molecule has 92 heavy (non-hydrogen) atoms. The van der Waals surface area contributed by atoms with E-state index in [1.54, 1.807) is 93.2 Å². The third kappa shape index (κ3) is 78.7. The number of unbranched alkanes of at least 4 members (excludes halogenated alkanes) is 48.